The van der Waals surface area contributed by atoms with Crippen LogP contribution in [0.1, 0.15) is 17.0 Å². The third kappa shape index (κ3) is 3.45. The van der Waals surface area contributed by atoms with Gasteiger partial charge in [0.1, 0.15) is 11.6 Å². The number of hydrogen-bond donors (Lipinski definition) is 0. The van der Waals surface area contributed by atoms with E-state index in [0.717, 1.165) is 23.5 Å². The van der Waals surface area contributed by atoms with Gasteiger partial charge in [-0.15, -0.1) is 0 Å². The highest BCUT2D eigenvalue weighted by Gasteiger charge is 2.31. The molecule has 0 radical (unpaired) electrons. The molecule has 3 nitrogen and oxygen atoms in total. The molecule has 3 rings (SSSR count). The summed E-state index contributed by atoms with van der Waals surface area (Å²) in [4.78, 5) is 8.17. The summed E-state index contributed by atoms with van der Waals surface area (Å²) in [6, 6.07) is 4.17. The first-order chi connectivity index (χ1) is 11.3. The van der Waals surface area contributed by atoms with E-state index in [4.69, 9.17) is 0 Å². The molecule has 3 aromatic rings. The Morgan fingerprint density at radius 3 is 2.50 bits per heavy atom. The SMILES string of the molecule is Cc1nccn1Cc1cncc(-c2cc(F)cc(C(F)(F)F)c2)c1. The minimum atomic E-state index is -4.60. The standard InChI is InChI=1S/C17H13F4N3/c1-11-23-2-3-24(11)10-12-4-14(9-22-8-12)13-5-15(17(19,20)21)7-16(18)6-13/h2-9H,10H2,1H3. The Hall–Kier alpha value is -2.70. The molecular formula is C17H13F4N3. The minimum Gasteiger partial charge on any atom is -0.331 e. The van der Waals surface area contributed by atoms with Gasteiger partial charge in [0.2, 0.25) is 0 Å². The van der Waals surface area contributed by atoms with Crippen LogP contribution in [-0.4, -0.2) is 14.5 Å². The lowest BCUT2D eigenvalue weighted by Gasteiger charge is -2.11. The summed E-state index contributed by atoms with van der Waals surface area (Å²) in [5, 5.41) is 0. The van der Waals surface area contributed by atoms with Crippen LogP contribution in [0.3, 0.4) is 0 Å². The number of aryl methyl sites for hydroxylation is 1. The van der Waals surface area contributed by atoms with Crippen LogP contribution in [0.5, 0.6) is 0 Å². The normalized spacial score (nSPS) is 11.7. The zero-order chi connectivity index (χ0) is 17.3. The first kappa shape index (κ1) is 16.2. The van der Waals surface area contributed by atoms with Gasteiger partial charge in [0.15, 0.2) is 0 Å². The molecule has 2 aromatic heterocycles. The summed E-state index contributed by atoms with van der Waals surface area (Å²) in [5.41, 5.74) is 0.328. The van der Waals surface area contributed by atoms with Gasteiger partial charge in [-0.3, -0.25) is 4.98 Å². The van der Waals surface area contributed by atoms with E-state index in [-0.39, 0.29) is 5.56 Å². The van der Waals surface area contributed by atoms with Gasteiger partial charge in [0, 0.05) is 30.4 Å². The van der Waals surface area contributed by atoms with Crippen molar-refractivity contribution in [1.29, 1.82) is 0 Å². The fourth-order valence-electron chi connectivity index (χ4n) is 2.42. The molecule has 0 saturated carbocycles. The molecule has 0 aliphatic rings. The average molecular weight is 335 g/mol. The van der Waals surface area contributed by atoms with Gasteiger partial charge in [-0.1, -0.05) is 0 Å². The highest BCUT2D eigenvalue weighted by Crippen LogP contribution is 2.33. The van der Waals surface area contributed by atoms with Crippen molar-refractivity contribution in [3.05, 3.63) is 71.8 Å². The van der Waals surface area contributed by atoms with Gasteiger partial charge in [-0.05, 0) is 42.3 Å². The zero-order valence-corrected chi connectivity index (χ0v) is 12.7. The zero-order valence-electron chi connectivity index (χ0n) is 12.7. The Kier molecular flexibility index (Phi) is 4.09. The van der Waals surface area contributed by atoms with Crippen LogP contribution >= 0.6 is 0 Å². The molecule has 0 spiro atoms. The molecular weight excluding hydrogens is 322 g/mol. The van der Waals surface area contributed by atoms with Crippen molar-refractivity contribution in [1.82, 2.24) is 14.5 Å². The summed E-state index contributed by atoms with van der Waals surface area (Å²) in [7, 11) is 0. The Morgan fingerprint density at radius 1 is 1.04 bits per heavy atom. The van der Waals surface area contributed by atoms with Crippen LogP contribution in [0.25, 0.3) is 11.1 Å². The van der Waals surface area contributed by atoms with E-state index >= 15 is 0 Å². The second kappa shape index (κ2) is 6.07. The van der Waals surface area contributed by atoms with E-state index in [9.17, 15) is 17.6 Å². The lowest BCUT2D eigenvalue weighted by atomic mass is 10.0. The number of halogens is 4. The Bertz CT molecular complexity index is 868. The summed E-state index contributed by atoms with van der Waals surface area (Å²) in [6.07, 6.45) is 1.89. The van der Waals surface area contributed by atoms with E-state index in [1.165, 1.54) is 6.20 Å². The third-order valence-corrected chi connectivity index (χ3v) is 3.63. The molecule has 0 bridgehead atoms. The summed E-state index contributed by atoms with van der Waals surface area (Å²) < 4.78 is 54.0. The molecule has 24 heavy (non-hydrogen) atoms. The molecule has 0 aliphatic heterocycles. The van der Waals surface area contributed by atoms with Crippen molar-refractivity contribution in [2.45, 2.75) is 19.6 Å². The van der Waals surface area contributed by atoms with Crippen molar-refractivity contribution >= 4 is 0 Å². The van der Waals surface area contributed by atoms with E-state index in [1.54, 1.807) is 24.7 Å². The maximum atomic E-state index is 13.6. The molecule has 0 amide bonds. The van der Waals surface area contributed by atoms with Crippen molar-refractivity contribution in [3.63, 3.8) is 0 Å². The number of alkyl halides is 3. The number of imidazole rings is 1. The maximum Gasteiger partial charge on any atom is 0.416 e. The van der Waals surface area contributed by atoms with Gasteiger partial charge in [-0.25, -0.2) is 9.37 Å². The van der Waals surface area contributed by atoms with Crippen LogP contribution < -0.4 is 0 Å². The second-order valence-electron chi connectivity index (χ2n) is 5.41. The third-order valence-electron chi connectivity index (χ3n) is 3.63. The first-order valence-corrected chi connectivity index (χ1v) is 7.13. The number of benzene rings is 1. The summed E-state index contributed by atoms with van der Waals surface area (Å²) in [5.74, 6) is -0.124. The van der Waals surface area contributed by atoms with Crippen molar-refractivity contribution in [3.8, 4) is 11.1 Å². The van der Waals surface area contributed by atoms with Crippen molar-refractivity contribution in [2.24, 2.45) is 0 Å². The van der Waals surface area contributed by atoms with E-state index in [2.05, 4.69) is 9.97 Å². The molecule has 2 heterocycles. The molecule has 0 unspecified atom stereocenters. The van der Waals surface area contributed by atoms with Crippen LogP contribution in [-0.2, 0) is 12.7 Å². The lowest BCUT2D eigenvalue weighted by Crippen LogP contribution is -2.06. The molecule has 0 atom stereocenters. The summed E-state index contributed by atoms with van der Waals surface area (Å²) in [6.45, 7) is 2.33. The Labute approximate surface area is 135 Å². The topological polar surface area (TPSA) is 30.7 Å². The van der Waals surface area contributed by atoms with Crippen LogP contribution in [0.15, 0.2) is 49.1 Å². The molecule has 0 saturated heterocycles. The minimum absolute atomic E-state index is 0.138. The van der Waals surface area contributed by atoms with Gasteiger partial charge in [0.05, 0.1) is 12.1 Å². The fraction of sp³-hybridized carbons (Fsp3) is 0.176. The van der Waals surface area contributed by atoms with Gasteiger partial charge in [-0.2, -0.15) is 13.2 Å². The van der Waals surface area contributed by atoms with Crippen molar-refractivity contribution < 1.29 is 17.6 Å². The van der Waals surface area contributed by atoms with Gasteiger partial charge in [0.25, 0.3) is 0 Å². The lowest BCUT2D eigenvalue weighted by molar-refractivity contribution is -0.137. The van der Waals surface area contributed by atoms with E-state index < -0.39 is 17.6 Å². The highest BCUT2D eigenvalue weighted by atomic mass is 19.4. The maximum absolute atomic E-state index is 13.6. The molecule has 0 fully saturated rings. The van der Waals surface area contributed by atoms with E-state index in [1.807, 2.05) is 11.5 Å². The molecule has 124 valence electrons. The predicted octanol–water partition coefficient (Wildman–Crippen LogP) is 4.46. The van der Waals surface area contributed by atoms with Crippen LogP contribution in [0.2, 0.25) is 0 Å². The number of nitrogens with zero attached hydrogens (tertiary/aromatic N) is 3. The highest BCUT2D eigenvalue weighted by molar-refractivity contribution is 5.64. The number of hydrogen-bond acceptors (Lipinski definition) is 2. The Morgan fingerprint density at radius 2 is 1.83 bits per heavy atom. The van der Waals surface area contributed by atoms with Gasteiger partial charge < -0.3 is 4.57 Å². The second-order valence-corrected chi connectivity index (χ2v) is 5.41. The average Bonchev–Trinajstić information content (AvgIpc) is 2.91. The fourth-order valence-corrected chi connectivity index (χ4v) is 2.42. The quantitative estimate of drug-likeness (QED) is 0.662. The monoisotopic (exact) mass is 335 g/mol. The number of rotatable bonds is 3. The number of aromatic nitrogens is 3. The molecule has 0 N–H and O–H groups in total. The Balaban J connectivity index is 1.97. The molecule has 7 heteroatoms. The summed E-state index contributed by atoms with van der Waals surface area (Å²) >= 11 is 0. The van der Waals surface area contributed by atoms with E-state index in [0.29, 0.717) is 18.2 Å². The molecule has 1 aromatic carbocycles. The predicted molar refractivity (Wildman–Crippen MR) is 80.7 cm³/mol. The largest absolute Gasteiger partial charge is 0.416 e. The van der Waals surface area contributed by atoms with Crippen LogP contribution in [0.4, 0.5) is 17.6 Å². The molecule has 0 aliphatic carbocycles. The van der Waals surface area contributed by atoms with Gasteiger partial charge >= 0.3 is 6.18 Å². The van der Waals surface area contributed by atoms with Crippen molar-refractivity contribution in [2.75, 3.05) is 0 Å². The first-order valence-electron chi connectivity index (χ1n) is 7.13. The smallest absolute Gasteiger partial charge is 0.331 e. The van der Waals surface area contributed by atoms with Crippen LogP contribution in [0, 0.1) is 12.7 Å². The number of pyridine rings is 1.